The van der Waals surface area contributed by atoms with E-state index in [2.05, 4.69) is 0 Å². The van der Waals surface area contributed by atoms with Gasteiger partial charge in [-0.15, -0.1) is 0 Å². The second kappa shape index (κ2) is 5.40. The van der Waals surface area contributed by atoms with Gasteiger partial charge in [0.15, 0.2) is 0 Å². The molecule has 1 saturated heterocycles. The molecular formula is C14H17NO4. The third-order valence-corrected chi connectivity index (χ3v) is 3.52. The van der Waals surface area contributed by atoms with Gasteiger partial charge in [0.2, 0.25) is 5.91 Å². The third-order valence-electron chi connectivity index (χ3n) is 3.52. The van der Waals surface area contributed by atoms with E-state index in [9.17, 15) is 14.7 Å². The van der Waals surface area contributed by atoms with Gasteiger partial charge in [0.05, 0.1) is 12.0 Å². The lowest BCUT2D eigenvalue weighted by Gasteiger charge is -2.24. The van der Waals surface area contributed by atoms with Gasteiger partial charge in [-0.1, -0.05) is 30.3 Å². The van der Waals surface area contributed by atoms with E-state index in [1.165, 1.54) is 4.90 Å². The number of nitrogens with zero attached hydrogens (tertiary/aromatic N) is 1. The van der Waals surface area contributed by atoms with E-state index in [1.54, 1.807) is 6.92 Å². The summed E-state index contributed by atoms with van der Waals surface area (Å²) in [4.78, 5) is 24.7. The number of hydrogen-bond donors (Lipinski definition) is 2. The maximum atomic E-state index is 12.4. The summed E-state index contributed by atoms with van der Waals surface area (Å²) in [5.41, 5.74) is 0.845. The number of carbonyl (C=O) groups excluding carboxylic acids is 1. The predicted octanol–water partition coefficient (Wildman–Crippen LogP) is 0.836. The number of aliphatic carboxylic acids is 1. The fourth-order valence-corrected chi connectivity index (χ4v) is 2.42. The van der Waals surface area contributed by atoms with Crippen LogP contribution in [0.5, 0.6) is 0 Å². The molecular weight excluding hydrogens is 246 g/mol. The Morgan fingerprint density at radius 3 is 2.53 bits per heavy atom. The molecule has 1 unspecified atom stereocenters. The van der Waals surface area contributed by atoms with Gasteiger partial charge in [-0.3, -0.25) is 4.79 Å². The van der Waals surface area contributed by atoms with Gasteiger partial charge in [-0.2, -0.15) is 0 Å². The number of aliphatic hydroxyl groups is 1. The smallest absolute Gasteiger partial charge is 0.326 e. The first-order chi connectivity index (χ1) is 9.00. The first-order valence-corrected chi connectivity index (χ1v) is 6.27. The second-order valence-electron chi connectivity index (χ2n) is 4.87. The summed E-state index contributed by atoms with van der Waals surface area (Å²) in [6.45, 7) is 1.84. The lowest BCUT2D eigenvalue weighted by Crippen LogP contribution is -2.42. The van der Waals surface area contributed by atoms with E-state index in [0.717, 1.165) is 5.56 Å². The molecule has 0 radical (unpaired) electrons. The lowest BCUT2D eigenvalue weighted by molar-refractivity contribution is -0.148. The Bertz CT molecular complexity index is 474. The Hall–Kier alpha value is -1.88. The number of aliphatic hydroxyl groups excluding tert-OH is 1. The van der Waals surface area contributed by atoms with Crippen LogP contribution in [0.1, 0.15) is 24.8 Å². The number of carboxylic acids is 1. The predicted molar refractivity (Wildman–Crippen MR) is 68.6 cm³/mol. The zero-order chi connectivity index (χ0) is 14.0. The molecule has 1 aromatic carbocycles. The molecule has 0 aliphatic carbocycles. The van der Waals surface area contributed by atoms with Gasteiger partial charge in [0.1, 0.15) is 6.04 Å². The standard InChI is InChI=1S/C14H17NO4/c1-9(10-5-3-2-4-6-10)13(17)15-8-11(16)7-12(15)14(18)19/h2-6,9,11-12,16H,7-8H2,1H3,(H,18,19)/t9?,11-,12+/m1/s1. The van der Waals surface area contributed by atoms with Crippen molar-refractivity contribution in [1.29, 1.82) is 0 Å². The highest BCUT2D eigenvalue weighted by Crippen LogP contribution is 2.25. The topological polar surface area (TPSA) is 77.8 Å². The van der Waals surface area contributed by atoms with Gasteiger partial charge < -0.3 is 15.1 Å². The first kappa shape index (κ1) is 13.5. The van der Waals surface area contributed by atoms with Crippen LogP contribution in [-0.4, -0.2) is 45.7 Å². The van der Waals surface area contributed by atoms with E-state index >= 15 is 0 Å². The zero-order valence-corrected chi connectivity index (χ0v) is 10.7. The van der Waals surface area contributed by atoms with Crippen molar-refractivity contribution in [2.24, 2.45) is 0 Å². The van der Waals surface area contributed by atoms with Gasteiger partial charge in [0, 0.05) is 13.0 Å². The van der Waals surface area contributed by atoms with Crippen molar-refractivity contribution in [2.45, 2.75) is 31.4 Å². The molecule has 19 heavy (non-hydrogen) atoms. The molecule has 0 aromatic heterocycles. The monoisotopic (exact) mass is 263 g/mol. The van der Waals surface area contributed by atoms with E-state index in [1.807, 2.05) is 30.3 Å². The van der Waals surface area contributed by atoms with Gasteiger partial charge in [-0.05, 0) is 12.5 Å². The van der Waals surface area contributed by atoms with Crippen LogP contribution in [0.4, 0.5) is 0 Å². The molecule has 0 bridgehead atoms. The fourth-order valence-electron chi connectivity index (χ4n) is 2.42. The third kappa shape index (κ3) is 2.76. The second-order valence-corrected chi connectivity index (χ2v) is 4.87. The Balaban J connectivity index is 2.17. The van der Waals surface area contributed by atoms with Crippen molar-refractivity contribution in [1.82, 2.24) is 4.90 Å². The molecule has 5 nitrogen and oxygen atoms in total. The molecule has 1 aliphatic rings. The molecule has 5 heteroatoms. The average Bonchev–Trinajstić information content (AvgIpc) is 2.80. The summed E-state index contributed by atoms with van der Waals surface area (Å²) in [7, 11) is 0. The van der Waals surface area contributed by atoms with Gasteiger partial charge in [0.25, 0.3) is 0 Å². The Labute approximate surface area is 111 Å². The van der Waals surface area contributed by atoms with E-state index in [0.29, 0.717) is 0 Å². The number of rotatable bonds is 3. The van der Waals surface area contributed by atoms with Gasteiger partial charge >= 0.3 is 5.97 Å². The van der Waals surface area contributed by atoms with Crippen LogP contribution in [0.2, 0.25) is 0 Å². The Morgan fingerprint density at radius 2 is 1.95 bits per heavy atom. The zero-order valence-electron chi connectivity index (χ0n) is 10.7. The number of β-amino-alcohol motifs (C(OH)–C–C–N with tert-alkyl or cyclic N) is 1. The van der Waals surface area contributed by atoms with Crippen LogP contribution < -0.4 is 0 Å². The number of benzene rings is 1. The van der Waals surface area contributed by atoms with Crippen molar-refractivity contribution in [3.05, 3.63) is 35.9 Å². The van der Waals surface area contributed by atoms with Crippen LogP contribution >= 0.6 is 0 Å². The maximum Gasteiger partial charge on any atom is 0.326 e. The number of carboxylic acid groups (broad SMARTS) is 1. The minimum Gasteiger partial charge on any atom is -0.480 e. The normalized spacial score (nSPS) is 24.2. The average molecular weight is 263 g/mol. The van der Waals surface area contributed by atoms with E-state index < -0.39 is 24.0 Å². The molecule has 1 fully saturated rings. The van der Waals surface area contributed by atoms with Crippen molar-refractivity contribution < 1.29 is 19.8 Å². The molecule has 0 spiro atoms. The summed E-state index contributed by atoms with van der Waals surface area (Å²) >= 11 is 0. The minimum absolute atomic E-state index is 0.0903. The molecule has 1 aliphatic heterocycles. The van der Waals surface area contributed by atoms with Crippen molar-refractivity contribution >= 4 is 11.9 Å². The maximum absolute atomic E-state index is 12.4. The molecule has 2 N–H and O–H groups in total. The van der Waals surface area contributed by atoms with Crippen LogP contribution in [0.25, 0.3) is 0 Å². The quantitative estimate of drug-likeness (QED) is 0.847. The SMILES string of the molecule is CC(C(=O)N1C[C@H](O)C[C@H]1C(=O)O)c1ccccc1. The van der Waals surface area contributed by atoms with E-state index in [4.69, 9.17) is 5.11 Å². The number of carbonyl (C=O) groups is 2. The molecule has 3 atom stereocenters. The first-order valence-electron chi connectivity index (χ1n) is 6.27. The lowest BCUT2D eigenvalue weighted by atomic mass is 9.99. The Morgan fingerprint density at radius 1 is 1.32 bits per heavy atom. The van der Waals surface area contributed by atoms with Crippen LogP contribution in [0.15, 0.2) is 30.3 Å². The summed E-state index contributed by atoms with van der Waals surface area (Å²) in [6.07, 6.45) is -0.657. The number of amides is 1. The number of hydrogen-bond acceptors (Lipinski definition) is 3. The minimum atomic E-state index is -1.06. The largest absolute Gasteiger partial charge is 0.480 e. The van der Waals surface area contributed by atoms with Crippen molar-refractivity contribution in [2.75, 3.05) is 6.54 Å². The molecule has 0 saturated carbocycles. The van der Waals surface area contributed by atoms with Crippen molar-refractivity contribution in [3.63, 3.8) is 0 Å². The highest BCUT2D eigenvalue weighted by atomic mass is 16.4. The highest BCUT2D eigenvalue weighted by Gasteiger charge is 2.40. The van der Waals surface area contributed by atoms with Crippen LogP contribution in [0, 0.1) is 0 Å². The summed E-state index contributed by atoms with van der Waals surface area (Å²) in [5.74, 6) is -1.73. The summed E-state index contributed by atoms with van der Waals surface area (Å²) in [6, 6.07) is 8.30. The number of likely N-dealkylation sites (tertiary alicyclic amines) is 1. The van der Waals surface area contributed by atoms with Crippen LogP contribution in [0.3, 0.4) is 0 Å². The molecule has 1 aromatic rings. The summed E-state index contributed by atoms with van der Waals surface area (Å²) < 4.78 is 0. The molecule has 1 heterocycles. The summed E-state index contributed by atoms with van der Waals surface area (Å²) in [5, 5.41) is 18.7. The molecule has 1 amide bonds. The molecule has 2 rings (SSSR count). The van der Waals surface area contributed by atoms with Crippen LogP contribution in [-0.2, 0) is 9.59 Å². The van der Waals surface area contributed by atoms with E-state index in [-0.39, 0.29) is 18.9 Å². The highest BCUT2D eigenvalue weighted by molar-refractivity contribution is 5.88. The fraction of sp³-hybridized carbons (Fsp3) is 0.429. The molecule has 102 valence electrons. The Kier molecular flexibility index (Phi) is 3.85. The van der Waals surface area contributed by atoms with Gasteiger partial charge in [-0.25, -0.2) is 4.79 Å². The van der Waals surface area contributed by atoms with Crippen molar-refractivity contribution in [3.8, 4) is 0 Å².